The summed E-state index contributed by atoms with van der Waals surface area (Å²) in [5.74, 6) is 0. The van der Waals surface area contributed by atoms with E-state index in [0.29, 0.717) is 11.3 Å². The molecule has 3 aromatic rings. The molecule has 5 heteroatoms. The molecule has 0 aliphatic carbocycles. The van der Waals surface area contributed by atoms with Crippen LogP contribution in [0.4, 0.5) is 0 Å². The van der Waals surface area contributed by atoms with Crippen LogP contribution < -0.4 is 0 Å². The lowest BCUT2D eigenvalue weighted by molar-refractivity contribution is 0.596. The van der Waals surface area contributed by atoms with Crippen molar-refractivity contribution in [2.24, 2.45) is 0 Å². The van der Waals surface area contributed by atoms with Gasteiger partial charge >= 0.3 is 0 Å². The van der Waals surface area contributed by atoms with E-state index >= 15 is 0 Å². The topological polar surface area (TPSA) is 59.9 Å². The Labute approximate surface area is 123 Å². The summed E-state index contributed by atoms with van der Waals surface area (Å²) < 4.78 is 25.6. The van der Waals surface area contributed by atoms with E-state index in [1.807, 2.05) is 0 Å². The van der Waals surface area contributed by atoms with Crippen LogP contribution in [0, 0.1) is 0 Å². The fraction of sp³-hybridized carbons (Fsp3) is 0. The largest absolute Gasteiger partial charge is 0.245 e. The van der Waals surface area contributed by atoms with Gasteiger partial charge in [-0.15, -0.1) is 0 Å². The first-order valence-electron chi connectivity index (χ1n) is 6.35. The average Bonchev–Trinajstić information content (AvgIpc) is 2.56. The summed E-state index contributed by atoms with van der Waals surface area (Å²) in [4.78, 5) is 8.52. The zero-order chi connectivity index (χ0) is 14.7. The molecule has 0 atom stereocenters. The van der Waals surface area contributed by atoms with Crippen molar-refractivity contribution in [2.45, 2.75) is 9.79 Å². The van der Waals surface area contributed by atoms with Crippen LogP contribution in [0.1, 0.15) is 0 Å². The molecular formula is C16H12N2O2S. The molecule has 2 aromatic carbocycles. The van der Waals surface area contributed by atoms with Crippen LogP contribution >= 0.6 is 0 Å². The molecule has 0 fully saturated rings. The lowest BCUT2D eigenvalue weighted by Crippen LogP contribution is -2.04. The van der Waals surface area contributed by atoms with Crippen molar-refractivity contribution in [1.29, 1.82) is 0 Å². The first kappa shape index (κ1) is 13.5. The maximum atomic E-state index is 12.8. The van der Waals surface area contributed by atoms with Gasteiger partial charge in [-0.05, 0) is 24.3 Å². The van der Waals surface area contributed by atoms with Gasteiger partial charge in [-0.1, -0.05) is 36.4 Å². The zero-order valence-corrected chi connectivity index (χ0v) is 11.9. The third-order valence-electron chi connectivity index (χ3n) is 3.09. The Morgan fingerprint density at radius 2 is 1.52 bits per heavy atom. The summed E-state index contributed by atoms with van der Waals surface area (Å²) in [6.07, 6.45) is 3.00. The smallest absolute Gasteiger partial charge is 0.207 e. The molecule has 104 valence electrons. The standard InChI is InChI=1S/C16H12N2O2S/c19-21(20,13-6-2-1-3-7-13)16-9-5-4-8-14(16)15-10-11-17-12-18-15/h1-12H. The first-order valence-corrected chi connectivity index (χ1v) is 7.83. The number of sulfone groups is 1. The Kier molecular flexibility index (Phi) is 3.50. The van der Waals surface area contributed by atoms with Crippen LogP contribution in [0.25, 0.3) is 11.3 Å². The molecular weight excluding hydrogens is 284 g/mol. The van der Waals surface area contributed by atoms with Crippen LogP contribution in [-0.2, 0) is 9.84 Å². The summed E-state index contributed by atoms with van der Waals surface area (Å²) in [6.45, 7) is 0. The van der Waals surface area contributed by atoms with Crippen LogP contribution in [0.2, 0.25) is 0 Å². The Morgan fingerprint density at radius 3 is 2.24 bits per heavy atom. The highest BCUT2D eigenvalue weighted by molar-refractivity contribution is 7.91. The second kappa shape index (κ2) is 5.46. The second-order valence-electron chi connectivity index (χ2n) is 4.41. The van der Waals surface area contributed by atoms with E-state index in [9.17, 15) is 8.42 Å². The molecule has 0 aliphatic heterocycles. The predicted octanol–water partition coefficient (Wildman–Crippen LogP) is 2.98. The number of rotatable bonds is 3. The number of aromatic nitrogens is 2. The van der Waals surface area contributed by atoms with Crippen LogP contribution in [0.3, 0.4) is 0 Å². The van der Waals surface area contributed by atoms with Gasteiger partial charge in [0.2, 0.25) is 9.84 Å². The number of benzene rings is 2. The van der Waals surface area contributed by atoms with Crippen molar-refractivity contribution < 1.29 is 8.42 Å². The van der Waals surface area contributed by atoms with E-state index in [0.717, 1.165) is 0 Å². The van der Waals surface area contributed by atoms with Gasteiger partial charge in [-0.25, -0.2) is 18.4 Å². The summed E-state index contributed by atoms with van der Waals surface area (Å²) in [5.41, 5.74) is 1.16. The molecule has 1 heterocycles. The van der Waals surface area contributed by atoms with Crippen molar-refractivity contribution >= 4 is 9.84 Å². The molecule has 0 amide bonds. The maximum absolute atomic E-state index is 12.8. The summed E-state index contributed by atoms with van der Waals surface area (Å²) in [6, 6.07) is 16.9. The molecule has 4 nitrogen and oxygen atoms in total. The molecule has 0 bridgehead atoms. The van der Waals surface area contributed by atoms with Gasteiger partial charge in [0.15, 0.2) is 0 Å². The molecule has 0 radical (unpaired) electrons. The molecule has 3 rings (SSSR count). The molecule has 0 saturated carbocycles. The summed E-state index contributed by atoms with van der Waals surface area (Å²) >= 11 is 0. The summed E-state index contributed by atoms with van der Waals surface area (Å²) in [5, 5.41) is 0. The minimum atomic E-state index is -3.58. The lowest BCUT2D eigenvalue weighted by Gasteiger charge is -2.09. The SMILES string of the molecule is O=S(=O)(c1ccccc1)c1ccccc1-c1ccncn1. The van der Waals surface area contributed by atoms with Crippen LogP contribution in [0.15, 0.2) is 83.0 Å². The maximum Gasteiger partial charge on any atom is 0.207 e. The van der Waals surface area contributed by atoms with Gasteiger partial charge < -0.3 is 0 Å². The average molecular weight is 296 g/mol. The first-order chi connectivity index (χ1) is 10.2. The fourth-order valence-corrected chi connectivity index (χ4v) is 3.58. The fourth-order valence-electron chi connectivity index (χ4n) is 2.09. The normalized spacial score (nSPS) is 11.2. The molecule has 0 aliphatic rings. The zero-order valence-electron chi connectivity index (χ0n) is 11.0. The van der Waals surface area contributed by atoms with E-state index in [2.05, 4.69) is 9.97 Å². The molecule has 0 N–H and O–H groups in total. The van der Waals surface area contributed by atoms with Crippen molar-refractivity contribution in [3.8, 4) is 11.3 Å². The highest BCUT2D eigenvalue weighted by Gasteiger charge is 2.21. The molecule has 0 saturated heterocycles. The second-order valence-corrected chi connectivity index (χ2v) is 6.33. The number of hydrogen-bond donors (Lipinski definition) is 0. The van der Waals surface area contributed by atoms with E-state index in [4.69, 9.17) is 0 Å². The van der Waals surface area contributed by atoms with Gasteiger partial charge in [0, 0.05) is 11.8 Å². The Balaban J connectivity index is 2.21. The molecule has 1 aromatic heterocycles. The van der Waals surface area contributed by atoms with Gasteiger partial charge in [0.1, 0.15) is 6.33 Å². The number of nitrogens with zero attached hydrogens (tertiary/aromatic N) is 2. The van der Waals surface area contributed by atoms with Gasteiger partial charge in [-0.3, -0.25) is 0 Å². The molecule has 0 spiro atoms. The monoisotopic (exact) mass is 296 g/mol. The Bertz CT molecular complexity index is 848. The van der Waals surface area contributed by atoms with E-state index in [1.54, 1.807) is 66.9 Å². The van der Waals surface area contributed by atoms with Crippen LogP contribution in [-0.4, -0.2) is 18.4 Å². The Hall–Kier alpha value is -2.53. The minimum absolute atomic E-state index is 0.245. The summed E-state index contributed by atoms with van der Waals surface area (Å²) in [7, 11) is -3.58. The number of hydrogen-bond acceptors (Lipinski definition) is 4. The van der Waals surface area contributed by atoms with Crippen molar-refractivity contribution in [3.63, 3.8) is 0 Å². The van der Waals surface area contributed by atoms with Gasteiger partial charge in [0.25, 0.3) is 0 Å². The van der Waals surface area contributed by atoms with E-state index < -0.39 is 9.84 Å². The lowest BCUT2D eigenvalue weighted by atomic mass is 10.1. The quantitative estimate of drug-likeness (QED) is 0.745. The van der Waals surface area contributed by atoms with Gasteiger partial charge in [0.05, 0.1) is 15.5 Å². The minimum Gasteiger partial charge on any atom is -0.245 e. The highest BCUT2D eigenvalue weighted by Crippen LogP contribution is 2.29. The van der Waals surface area contributed by atoms with Crippen molar-refractivity contribution in [2.75, 3.05) is 0 Å². The predicted molar refractivity (Wildman–Crippen MR) is 79.4 cm³/mol. The van der Waals surface area contributed by atoms with E-state index in [1.165, 1.54) is 6.33 Å². The van der Waals surface area contributed by atoms with Gasteiger partial charge in [-0.2, -0.15) is 0 Å². The third-order valence-corrected chi connectivity index (χ3v) is 4.92. The van der Waals surface area contributed by atoms with Crippen molar-refractivity contribution in [3.05, 3.63) is 73.2 Å². The van der Waals surface area contributed by atoms with E-state index in [-0.39, 0.29) is 9.79 Å². The molecule has 0 unspecified atom stereocenters. The highest BCUT2D eigenvalue weighted by atomic mass is 32.2. The third kappa shape index (κ3) is 2.55. The Morgan fingerprint density at radius 1 is 0.810 bits per heavy atom. The molecule has 21 heavy (non-hydrogen) atoms. The van der Waals surface area contributed by atoms with Crippen molar-refractivity contribution in [1.82, 2.24) is 9.97 Å². The van der Waals surface area contributed by atoms with Crippen LogP contribution in [0.5, 0.6) is 0 Å².